The molecular formula is C9H13N5O. The number of hydrogen-bond acceptors (Lipinski definition) is 4. The summed E-state index contributed by atoms with van der Waals surface area (Å²) >= 11 is 0. The van der Waals surface area contributed by atoms with Crippen LogP contribution in [0, 0.1) is 5.92 Å². The number of nitrogens with one attached hydrogen (secondary N) is 2. The van der Waals surface area contributed by atoms with Crippen molar-refractivity contribution in [3.63, 3.8) is 0 Å². The molecule has 1 atom stereocenters. The lowest BCUT2D eigenvalue weighted by Gasteiger charge is -2.13. The van der Waals surface area contributed by atoms with Gasteiger partial charge in [0.25, 0.3) is 0 Å². The van der Waals surface area contributed by atoms with E-state index in [0.29, 0.717) is 5.82 Å². The number of aromatic amines is 1. The second kappa shape index (κ2) is 4.20. The number of aromatic nitrogens is 4. The molecule has 2 rings (SSSR count). The lowest BCUT2D eigenvalue weighted by atomic mass is 10.1. The summed E-state index contributed by atoms with van der Waals surface area (Å²) in [5, 5.41) is 16.3. The molecule has 0 bridgehead atoms. The maximum atomic E-state index is 11.7. The van der Waals surface area contributed by atoms with Crippen molar-refractivity contribution >= 4 is 5.91 Å². The number of carbonyl (C=O) groups excluding carboxylic acids is 1. The van der Waals surface area contributed by atoms with Crippen molar-refractivity contribution in [1.82, 2.24) is 25.9 Å². The minimum absolute atomic E-state index is 0.0531. The molecule has 0 spiro atoms. The second-order valence-electron chi connectivity index (χ2n) is 3.64. The third-order valence-electron chi connectivity index (χ3n) is 2.49. The predicted octanol–water partition coefficient (Wildman–Crippen LogP) is 0.343. The van der Waals surface area contributed by atoms with Crippen molar-refractivity contribution in [1.29, 1.82) is 0 Å². The van der Waals surface area contributed by atoms with Gasteiger partial charge < -0.3 is 5.32 Å². The number of tetrazole rings is 1. The van der Waals surface area contributed by atoms with Gasteiger partial charge in [-0.3, -0.25) is 4.79 Å². The Morgan fingerprint density at radius 2 is 2.33 bits per heavy atom. The highest BCUT2D eigenvalue weighted by Crippen LogP contribution is 2.18. The molecule has 1 heterocycles. The molecule has 6 heteroatoms. The molecule has 6 nitrogen and oxygen atoms in total. The lowest BCUT2D eigenvalue weighted by Crippen LogP contribution is -2.32. The zero-order chi connectivity index (χ0) is 10.7. The molecule has 0 saturated heterocycles. The maximum Gasteiger partial charge on any atom is 0.224 e. The smallest absolute Gasteiger partial charge is 0.224 e. The maximum absolute atomic E-state index is 11.7. The molecule has 0 fully saturated rings. The minimum atomic E-state index is -0.197. The average Bonchev–Trinajstić information content (AvgIpc) is 2.91. The van der Waals surface area contributed by atoms with Crippen LogP contribution in [0.2, 0.25) is 0 Å². The van der Waals surface area contributed by atoms with Gasteiger partial charge in [0.15, 0.2) is 5.82 Å². The van der Waals surface area contributed by atoms with Gasteiger partial charge in [0.05, 0.1) is 6.04 Å². The number of hydrogen-bond donors (Lipinski definition) is 2. The molecule has 0 saturated carbocycles. The van der Waals surface area contributed by atoms with Crippen LogP contribution in [0.5, 0.6) is 0 Å². The fourth-order valence-corrected chi connectivity index (χ4v) is 1.58. The SMILES string of the molecule is CC(NC(=O)C1CC=CC1)c1nn[nH]n1. The molecule has 2 N–H and O–H groups in total. The van der Waals surface area contributed by atoms with Crippen molar-refractivity contribution < 1.29 is 4.79 Å². The first-order valence-corrected chi connectivity index (χ1v) is 4.96. The highest BCUT2D eigenvalue weighted by Gasteiger charge is 2.22. The monoisotopic (exact) mass is 207 g/mol. The van der Waals surface area contributed by atoms with E-state index in [1.54, 1.807) is 0 Å². The topological polar surface area (TPSA) is 83.6 Å². The first-order valence-electron chi connectivity index (χ1n) is 4.96. The first-order chi connectivity index (χ1) is 7.27. The number of amides is 1. The summed E-state index contributed by atoms with van der Waals surface area (Å²) in [6, 6.07) is -0.197. The molecule has 80 valence electrons. The molecular weight excluding hydrogens is 194 g/mol. The molecule has 1 aliphatic carbocycles. The molecule has 1 aromatic heterocycles. The Hall–Kier alpha value is -1.72. The van der Waals surface area contributed by atoms with Crippen LogP contribution in [-0.4, -0.2) is 26.5 Å². The van der Waals surface area contributed by atoms with E-state index in [-0.39, 0.29) is 17.9 Å². The molecule has 1 aliphatic rings. The molecule has 1 amide bonds. The van der Waals surface area contributed by atoms with Crippen molar-refractivity contribution in [3.05, 3.63) is 18.0 Å². The van der Waals surface area contributed by atoms with E-state index in [2.05, 4.69) is 25.9 Å². The Balaban J connectivity index is 1.89. The van der Waals surface area contributed by atoms with Gasteiger partial charge >= 0.3 is 0 Å². The Morgan fingerprint density at radius 1 is 1.60 bits per heavy atom. The van der Waals surface area contributed by atoms with Gasteiger partial charge in [0, 0.05) is 5.92 Å². The van der Waals surface area contributed by atoms with Crippen molar-refractivity contribution in [3.8, 4) is 0 Å². The van der Waals surface area contributed by atoms with Crippen LogP contribution in [0.25, 0.3) is 0 Å². The molecule has 1 unspecified atom stereocenters. The number of carbonyl (C=O) groups is 1. The van der Waals surface area contributed by atoms with Crippen LogP contribution < -0.4 is 5.32 Å². The predicted molar refractivity (Wildman–Crippen MR) is 52.6 cm³/mol. The van der Waals surface area contributed by atoms with E-state index in [9.17, 15) is 4.79 Å². The average molecular weight is 207 g/mol. The Labute approximate surface area is 87.1 Å². The summed E-state index contributed by atoms with van der Waals surface area (Å²) < 4.78 is 0. The van der Waals surface area contributed by atoms with Gasteiger partial charge in [-0.1, -0.05) is 17.4 Å². The van der Waals surface area contributed by atoms with Gasteiger partial charge in [-0.25, -0.2) is 0 Å². The highest BCUT2D eigenvalue weighted by atomic mass is 16.1. The Bertz CT molecular complexity index is 351. The van der Waals surface area contributed by atoms with Gasteiger partial charge in [0.2, 0.25) is 5.91 Å². The largest absolute Gasteiger partial charge is 0.346 e. The van der Waals surface area contributed by atoms with Crippen LogP contribution in [0.4, 0.5) is 0 Å². The highest BCUT2D eigenvalue weighted by molar-refractivity contribution is 5.79. The van der Waals surface area contributed by atoms with E-state index in [1.807, 2.05) is 19.1 Å². The third kappa shape index (κ3) is 2.20. The van der Waals surface area contributed by atoms with Crippen LogP contribution >= 0.6 is 0 Å². The van der Waals surface area contributed by atoms with Crippen LogP contribution in [0.3, 0.4) is 0 Å². The Kier molecular flexibility index (Phi) is 2.75. The van der Waals surface area contributed by atoms with E-state index < -0.39 is 0 Å². The third-order valence-corrected chi connectivity index (χ3v) is 2.49. The van der Waals surface area contributed by atoms with E-state index >= 15 is 0 Å². The van der Waals surface area contributed by atoms with Gasteiger partial charge in [-0.15, -0.1) is 10.2 Å². The fraction of sp³-hybridized carbons (Fsp3) is 0.556. The molecule has 0 radical (unpaired) electrons. The fourth-order valence-electron chi connectivity index (χ4n) is 1.58. The minimum Gasteiger partial charge on any atom is -0.346 e. The quantitative estimate of drug-likeness (QED) is 0.700. The van der Waals surface area contributed by atoms with Crippen LogP contribution in [0.15, 0.2) is 12.2 Å². The Morgan fingerprint density at radius 3 is 2.93 bits per heavy atom. The summed E-state index contributed by atoms with van der Waals surface area (Å²) in [6.07, 6.45) is 5.71. The normalized spacial score (nSPS) is 17.9. The van der Waals surface area contributed by atoms with Crippen molar-refractivity contribution in [2.24, 2.45) is 5.92 Å². The van der Waals surface area contributed by atoms with Crippen molar-refractivity contribution in [2.75, 3.05) is 0 Å². The molecule has 0 aliphatic heterocycles. The standard InChI is InChI=1S/C9H13N5O/c1-6(8-11-13-14-12-8)10-9(15)7-4-2-3-5-7/h2-3,6-7H,4-5H2,1H3,(H,10,15)(H,11,12,13,14). The lowest BCUT2D eigenvalue weighted by molar-refractivity contribution is -0.125. The molecule has 0 aromatic carbocycles. The van der Waals surface area contributed by atoms with E-state index in [4.69, 9.17) is 0 Å². The molecule has 15 heavy (non-hydrogen) atoms. The van der Waals surface area contributed by atoms with Crippen LogP contribution in [0.1, 0.15) is 31.6 Å². The molecule has 1 aromatic rings. The van der Waals surface area contributed by atoms with E-state index in [0.717, 1.165) is 12.8 Å². The number of allylic oxidation sites excluding steroid dienone is 2. The van der Waals surface area contributed by atoms with Gasteiger partial charge in [-0.05, 0) is 19.8 Å². The summed E-state index contributed by atoms with van der Waals surface area (Å²) in [4.78, 5) is 11.7. The zero-order valence-corrected chi connectivity index (χ0v) is 8.47. The number of nitrogens with zero attached hydrogens (tertiary/aromatic N) is 3. The van der Waals surface area contributed by atoms with Crippen molar-refractivity contribution in [2.45, 2.75) is 25.8 Å². The number of H-pyrrole nitrogens is 1. The summed E-state index contributed by atoms with van der Waals surface area (Å²) in [5.74, 6) is 0.631. The van der Waals surface area contributed by atoms with Crippen LogP contribution in [-0.2, 0) is 4.79 Å². The zero-order valence-electron chi connectivity index (χ0n) is 8.47. The van der Waals surface area contributed by atoms with Gasteiger partial charge in [0.1, 0.15) is 0 Å². The van der Waals surface area contributed by atoms with E-state index in [1.165, 1.54) is 0 Å². The second-order valence-corrected chi connectivity index (χ2v) is 3.64. The summed E-state index contributed by atoms with van der Waals surface area (Å²) in [6.45, 7) is 1.84. The first kappa shape index (κ1) is 9.82. The van der Waals surface area contributed by atoms with Gasteiger partial charge in [-0.2, -0.15) is 5.21 Å². The number of rotatable bonds is 3. The summed E-state index contributed by atoms with van der Waals surface area (Å²) in [7, 11) is 0. The summed E-state index contributed by atoms with van der Waals surface area (Å²) in [5.41, 5.74) is 0.